The summed E-state index contributed by atoms with van der Waals surface area (Å²) in [5.41, 5.74) is 7.31. The number of amides is 1. The van der Waals surface area contributed by atoms with E-state index < -0.39 is 5.97 Å². The topological polar surface area (TPSA) is 72.6 Å². The third-order valence-corrected chi connectivity index (χ3v) is 3.47. The van der Waals surface area contributed by atoms with Crippen LogP contribution in [0.15, 0.2) is 42.5 Å². The molecule has 0 bridgehead atoms. The molecule has 0 radical (unpaired) electrons. The predicted octanol–water partition coefficient (Wildman–Crippen LogP) is 2.99. The molecule has 0 fully saturated rings. The Morgan fingerprint density at radius 2 is 1.77 bits per heavy atom. The van der Waals surface area contributed by atoms with Gasteiger partial charge in [-0.25, -0.2) is 4.79 Å². The Morgan fingerprint density at radius 1 is 1.14 bits per heavy atom. The number of nitrogens with two attached hydrogens (primary N) is 1. The maximum atomic E-state index is 12.5. The summed E-state index contributed by atoms with van der Waals surface area (Å²) >= 11 is 5.83. The summed E-state index contributed by atoms with van der Waals surface area (Å²) in [6.07, 6.45) is 0. The molecule has 0 spiro atoms. The number of methoxy groups -OCH3 is 1. The SMILES string of the molecule is COC(=O)c1ccc(C(=O)N(C)c2ccc(Cl)cc2)cc1N. The molecular formula is C16H15ClN2O3. The van der Waals surface area contributed by atoms with Crippen LogP contribution < -0.4 is 10.6 Å². The minimum atomic E-state index is -0.539. The molecule has 0 aromatic heterocycles. The number of esters is 1. The van der Waals surface area contributed by atoms with E-state index in [0.717, 1.165) is 0 Å². The van der Waals surface area contributed by atoms with Crippen molar-refractivity contribution in [3.8, 4) is 0 Å². The average molecular weight is 319 g/mol. The van der Waals surface area contributed by atoms with Crippen LogP contribution in [-0.4, -0.2) is 26.0 Å². The van der Waals surface area contributed by atoms with Gasteiger partial charge in [0.2, 0.25) is 0 Å². The smallest absolute Gasteiger partial charge is 0.339 e. The van der Waals surface area contributed by atoms with Crippen LogP contribution in [0.4, 0.5) is 11.4 Å². The molecule has 1 amide bonds. The van der Waals surface area contributed by atoms with Gasteiger partial charge in [-0.2, -0.15) is 0 Å². The van der Waals surface area contributed by atoms with Gasteiger partial charge in [-0.05, 0) is 42.5 Å². The Hall–Kier alpha value is -2.53. The van der Waals surface area contributed by atoms with Crippen molar-refractivity contribution in [2.75, 3.05) is 24.8 Å². The van der Waals surface area contributed by atoms with Gasteiger partial charge in [-0.3, -0.25) is 4.79 Å². The predicted molar refractivity (Wildman–Crippen MR) is 86.4 cm³/mol. The summed E-state index contributed by atoms with van der Waals surface area (Å²) < 4.78 is 4.62. The van der Waals surface area contributed by atoms with Crippen LogP contribution >= 0.6 is 11.6 Å². The van der Waals surface area contributed by atoms with Crippen molar-refractivity contribution in [1.82, 2.24) is 0 Å². The Morgan fingerprint density at radius 3 is 2.32 bits per heavy atom. The zero-order chi connectivity index (χ0) is 16.3. The molecule has 22 heavy (non-hydrogen) atoms. The highest BCUT2D eigenvalue weighted by molar-refractivity contribution is 6.30. The lowest BCUT2D eigenvalue weighted by atomic mass is 10.1. The molecule has 0 aliphatic rings. The fraction of sp³-hybridized carbons (Fsp3) is 0.125. The standard InChI is InChI=1S/C16H15ClN2O3/c1-19(12-6-4-11(17)5-7-12)15(20)10-3-8-13(14(18)9-10)16(21)22-2/h3-9H,18H2,1-2H3. The van der Waals surface area contributed by atoms with Crippen molar-refractivity contribution in [3.05, 3.63) is 58.6 Å². The number of nitrogens with zero attached hydrogens (tertiary/aromatic N) is 1. The summed E-state index contributed by atoms with van der Waals surface area (Å²) in [5.74, 6) is -0.784. The molecule has 2 aromatic carbocycles. The normalized spacial score (nSPS) is 10.1. The number of carbonyl (C=O) groups is 2. The summed E-state index contributed by atoms with van der Waals surface area (Å²) in [4.78, 5) is 25.4. The van der Waals surface area contributed by atoms with E-state index in [0.29, 0.717) is 16.3 Å². The molecule has 2 rings (SSSR count). The molecule has 0 atom stereocenters. The maximum Gasteiger partial charge on any atom is 0.339 e. The number of anilines is 2. The van der Waals surface area contributed by atoms with Crippen LogP contribution in [0.5, 0.6) is 0 Å². The van der Waals surface area contributed by atoms with E-state index in [1.54, 1.807) is 31.3 Å². The minimum absolute atomic E-state index is 0.196. The number of hydrogen-bond acceptors (Lipinski definition) is 4. The molecule has 0 saturated carbocycles. The van der Waals surface area contributed by atoms with E-state index >= 15 is 0 Å². The van der Waals surface area contributed by atoms with E-state index in [4.69, 9.17) is 17.3 Å². The first kappa shape index (κ1) is 15.9. The lowest BCUT2D eigenvalue weighted by Crippen LogP contribution is -2.26. The minimum Gasteiger partial charge on any atom is -0.465 e. The Balaban J connectivity index is 2.27. The van der Waals surface area contributed by atoms with Crippen LogP contribution in [0.3, 0.4) is 0 Å². The second-order valence-electron chi connectivity index (χ2n) is 4.63. The monoisotopic (exact) mass is 318 g/mol. The third-order valence-electron chi connectivity index (χ3n) is 3.22. The number of benzene rings is 2. The Bertz CT molecular complexity index is 714. The lowest BCUT2D eigenvalue weighted by Gasteiger charge is -2.18. The first-order valence-electron chi connectivity index (χ1n) is 6.45. The molecule has 0 aliphatic heterocycles. The fourth-order valence-electron chi connectivity index (χ4n) is 1.97. The van der Waals surface area contributed by atoms with Crippen LogP contribution in [-0.2, 0) is 4.74 Å². The average Bonchev–Trinajstić information content (AvgIpc) is 2.53. The number of ether oxygens (including phenoxy) is 1. The number of hydrogen-bond donors (Lipinski definition) is 1. The summed E-state index contributed by atoms with van der Waals surface area (Å²) in [6.45, 7) is 0. The van der Waals surface area contributed by atoms with Crippen molar-refractivity contribution in [2.24, 2.45) is 0 Å². The van der Waals surface area contributed by atoms with Gasteiger partial charge < -0.3 is 15.4 Å². The van der Waals surface area contributed by atoms with Gasteiger partial charge in [0.1, 0.15) is 0 Å². The number of nitrogen functional groups attached to an aromatic ring is 1. The van der Waals surface area contributed by atoms with E-state index in [1.807, 2.05) is 0 Å². The zero-order valence-electron chi connectivity index (χ0n) is 12.2. The highest BCUT2D eigenvalue weighted by Gasteiger charge is 2.17. The molecule has 2 aromatic rings. The molecule has 5 nitrogen and oxygen atoms in total. The van der Waals surface area contributed by atoms with Gasteiger partial charge in [0.05, 0.1) is 12.7 Å². The van der Waals surface area contributed by atoms with Gasteiger partial charge in [0, 0.05) is 29.0 Å². The van der Waals surface area contributed by atoms with Gasteiger partial charge in [0.25, 0.3) is 5.91 Å². The van der Waals surface area contributed by atoms with Crippen LogP contribution in [0, 0.1) is 0 Å². The van der Waals surface area contributed by atoms with Gasteiger partial charge >= 0.3 is 5.97 Å². The lowest BCUT2D eigenvalue weighted by molar-refractivity contribution is 0.0601. The molecule has 2 N–H and O–H groups in total. The van der Waals surface area contributed by atoms with Gasteiger partial charge in [-0.15, -0.1) is 0 Å². The highest BCUT2D eigenvalue weighted by atomic mass is 35.5. The molecule has 114 valence electrons. The summed E-state index contributed by atoms with van der Waals surface area (Å²) in [5, 5.41) is 0.594. The molecular weight excluding hydrogens is 304 g/mol. The van der Waals surface area contributed by atoms with Crippen molar-refractivity contribution in [1.29, 1.82) is 0 Å². The third kappa shape index (κ3) is 3.20. The Labute approximate surface area is 133 Å². The van der Waals surface area contributed by atoms with Gasteiger partial charge in [0.15, 0.2) is 0 Å². The van der Waals surface area contributed by atoms with Crippen molar-refractivity contribution in [3.63, 3.8) is 0 Å². The van der Waals surface area contributed by atoms with Gasteiger partial charge in [-0.1, -0.05) is 11.6 Å². The molecule has 6 heteroatoms. The second-order valence-corrected chi connectivity index (χ2v) is 5.07. The number of carbonyl (C=O) groups excluding carboxylic acids is 2. The van der Waals surface area contributed by atoms with Crippen LogP contribution in [0.2, 0.25) is 5.02 Å². The second kappa shape index (κ2) is 6.49. The Kier molecular flexibility index (Phi) is 4.68. The first-order chi connectivity index (χ1) is 10.4. The maximum absolute atomic E-state index is 12.5. The van der Waals surface area contributed by atoms with E-state index in [2.05, 4.69) is 4.74 Å². The fourth-order valence-corrected chi connectivity index (χ4v) is 2.09. The number of rotatable bonds is 3. The number of halogens is 1. The quantitative estimate of drug-likeness (QED) is 0.697. The summed E-state index contributed by atoms with van der Waals surface area (Å²) in [6, 6.07) is 11.4. The molecule has 0 saturated heterocycles. The van der Waals surface area contributed by atoms with Crippen LogP contribution in [0.1, 0.15) is 20.7 Å². The van der Waals surface area contributed by atoms with Crippen molar-refractivity contribution >= 4 is 34.9 Å². The molecule has 0 aliphatic carbocycles. The van der Waals surface area contributed by atoms with Crippen molar-refractivity contribution < 1.29 is 14.3 Å². The molecule has 0 unspecified atom stereocenters. The van der Waals surface area contributed by atoms with E-state index in [9.17, 15) is 9.59 Å². The van der Waals surface area contributed by atoms with Crippen molar-refractivity contribution in [2.45, 2.75) is 0 Å². The zero-order valence-corrected chi connectivity index (χ0v) is 12.9. The van der Waals surface area contributed by atoms with Crippen LogP contribution in [0.25, 0.3) is 0 Å². The van der Waals surface area contributed by atoms with E-state index in [-0.39, 0.29) is 17.2 Å². The first-order valence-corrected chi connectivity index (χ1v) is 6.83. The highest BCUT2D eigenvalue weighted by Crippen LogP contribution is 2.21. The van der Waals surface area contributed by atoms with E-state index in [1.165, 1.54) is 30.2 Å². The molecule has 0 heterocycles. The summed E-state index contributed by atoms with van der Waals surface area (Å²) in [7, 11) is 2.92. The largest absolute Gasteiger partial charge is 0.465 e.